The Morgan fingerprint density at radius 2 is 2.22 bits per heavy atom. The lowest BCUT2D eigenvalue weighted by atomic mass is 10.2. The molecule has 1 heterocycles. The molecule has 0 aliphatic heterocycles. The molecule has 0 unspecified atom stereocenters. The number of nitrogens with zero attached hydrogens (tertiary/aromatic N) is 2. The minimum atomic E-state index is -0.229. The van der Waals surface area contributed by atoms with Gasteiger partial charge in [0.2, 0.25) is 0 Å². The summed E-state index contributed by atoms with van der Waals surface area (Å²) >= 11 is 3.18. The maximum Gasteiger partial charge on any atom is 0.137 e. The molecule has 2 aromatic rings. The Kier molecular flexibility index (Phi) is 4.49. The first kappa shape index (κ1) is 13.2. The number of rotatable bonds is 5. The Bertz CT molecular complexity index is 525. The van der Waals surface area contributed by atoms with Gasteiger partial charge >= 0.3 is 0 Å². The van der Waals surface area contributed by atoms with Crippen molar-refractivity contribution in [2.24, 2.45) is 7.05 Å². The van der Waals surface area contributed by atoms with Crippen LogP contribution in [-0.4, -0.2) is 16.3 Å². The average Bonchev–Trinajstić information content (AvgIpc) is 2.75. The number of benzene rings is 1. The third-order valence-corrected chi connectivity index (χ3v) is 3.25. The van der Waals surface area contributed by atoms with Gasteiger partial charge in [0.1, 0.15) is 5.82 Å². The molecule has 1 aromatic heterocycles. The van der Waals surface area contributed by atoms with Gasteiger partial charge in [-0.25, -0.2) is 4.39 Å². The number of aryl methyl sites for hydroxylation is 1. The van der Waals surface area contributed by atoms with Crippen molar-refractivity contribution in [1.29, 1.82) is 0 Å². The van der Waals surface area contributed by atoms with E-state index in [4.69, 9.17) is 0 Å². The molecule has 0 atom stereocenters. The molecular weight excluding hydrogens is 297 g/mol. The molecule has 96 valence electrons. The van der Waals surface area contributed by atoms with Crippen LogP contribution in [0.3, 0.4) is 0 Å². The molecule has 5 heteroatoms. The molecule has 18 heavy (non-hydrogen) atoms. The van der Waals surface area contributed by atoms with Crippen LogP contribution in [0, 0.1) is 5.82 Å². The Labute approximate surface area is 114 Å². The van der Waals surface area contributed by atoms with Crippen LogP contribution in [0.5, 0.6) is 0 Å². The van der Waals surface area contributed by atoms with E-state index in [1.165, 1.54) is 6.07 Å². The van der Waals surface area contributed by atoms with Crippen LogP contribution >= 0.6 is 15.9 Å². The average molecular weight is 312 g/mol. The summed E-state index contributed by atoms with van der Waals surface area (Å²) in [5.41, 5.74) is 2.13. The lowest BCUT2D eigenvalue weighted by molar-refractivity contribution is 0.617. The normalized spacial score (nSPS) is 10.8. The molecule has 0 aliphatic rings. The van der Waals surface area contributed by atoms with E-state index in [1.807, 2.05) is 19.3 Å². The fourth-order valence-corrected chi connectivity index (χ4v) is 2.12. The summed E-state index contributed by atoms with van der Waals surface area (Å²) in [5.74, 6) is -0.229. The van der Waals surface area contributed by atoms with Gasteiger partial charge in [0.25, 0.3) is 0 Å². The lowest BCUT2D eigenvalue weighted by Crippen LogP contribution is -2.17. The summed E-state index contributed by atoms with van der Waals surface area (Å²) in [6.45, 7) is 1.58. The van der Waals surface area contributed by atoms with Crippen molar-refractivity contribution in [1.82, 2.24) is 15.1 Å². The highest BCUT2D eigenvalue weighted by molar-refractivity contribution is 9.10. The zero-order valence-corrected chi connectivity index (χ0v) is 11.7. The highest BCUT2D eigenvalue weighted by atomic mass is 79.9. The minimum absolute atomic E-state index is 0.229. The molecule has 0 bridgehead atoms. The van der Waals surface area contributed by atoms with E-state index in [-0.39, 0.29) is 5.82 Å². The van der Waals surface area contributed by atoms with Crippen LogP contribution in [0.25, 0.3) is 0 Å². The molecule has 0 fully saturated rings. The predicted octanol–water partition coefficient (Wildman–Crippen LogP) is 2.65. The summed E-state index contributed by atoms with van der Waals surface area (Å²) in [4.78, 5) is 0. The molecule has 0 saturated heterocycles. The number of hydrogen-bond acceptors (Lipinski definition) is 2. The predicted molar refractivity (Wildman–Crippen MR) is 72.7 cm³/mol. The number of nitrogens with one attached hydrogen (secondary N) is 1. The minimum Gasteiger partial charge on any atom is -0.312 e. The van der Waals surface area contributed by atoms with E-state index in [0.29, 0.717) is 4.47 Å². The molecule has 1 aromatic carbocycles. The fraction of sp³-hybridized carbons (Fsp3) is 0.308. The zero-order valence-electron chi connectivity index (χ0n) is 10.2. The third kappa shape index (κ3) is 3.65. The molecule has 2 rings (SSSR count). The molecular formula is C13H15BrFN3. The monoisotopic (exact) mass is 311 g/mol. The van der Waals surface area contributed by atoms with Gasteiger partial charge in [-0.1, -0.05) is 6.07 Å². The van der Waals surface area contributed by atoms with Crippen molar-refractivity contribution in [3.05, 3.63) is 52.0 Å². The molecule has 0 spiro atoms. The molecule has 0 aliphatic carbocycles. The van der Waals surface area contributed by atoms with E-state index in [1.54, 1.807) is 16.8 Å². The van der Waals surface area contributed by atoms with Gasteiger partial charge in [0.15, 0.2) is 0 Å². The number of aromatic nitrogens is 2. The second kappa shape index (κ2) is 6.11. The summed E-state index contributed by atoms with van der Waals surface area (Å²) < 4.78 is 15.3. The first-order valence-electron chi connectivity index (χ1n) is 5.78. The van der Waals surface area contributed by atoms with Gasteiger partial charge in [0.05, 0.1) is 10.2 Å². The molecule has 1 N–H and O–H groups in total. The lowest BCUT2D eigenvalue weighted by Gasteiger charge is -2.05. The van der Waals surface area contributed by atoms with Gasteiger partial charge in [0, 0.05) is 32.8 Å². The van der Waals surface area contributed by atoms with E-state index in [9.17, 15) is 4.39 Å². The van der Waals surface area contributed by atoms with Crippen LogP contribution in [0.4, 0.5) is 4.39 Å². The quantitative estimate of drug-likeness (QED) is 0.860. The van der Waals surface area contributed by atoms with Gasteiger partial charge < -0.3 is 5.32 Å². The van der Waals surface area contributed by atoms with Gasteiger partial charge in [-0.15, -0.1) is 0 Å². The topological polar surface area (TPSA) is 29.9 Å². The Morgan fingerprint density at radius 1 is 1.39 bits per heavy atom. The van der Waals surface area contributed by atoms with Crippen molar-refractivity contribution in [2.75, 3.05) is 6.54 Å². The summed E-state index contributed by atoms with van der Waals surface area (Å²) in [6, 6.07) is 7.06. The molecule has 0 saturated carbocycles. The molecule has 3 nitrogen and oxygen atoms in total. The molecule has 0 radical (unpaired) electrons. The second-order valence-electron chi connectivity index (χ2n) is 4.16. The van der Waals surface area contributed by atoms with Crippen LogP contribution in [0.15, 0.2) is 34.9 Å². The third-order valence-electron chi connectivity index (χ3n) is 2.64. The Morgan fingerprint density at radius 3 is 2.89 bits per heavy atom. The first-order valence-corrected chi connectivity index (χ1v) is 6.57. The number of halogens is 2. The van der Waals surface area contributed by atoms with E-state index >= 15 is 0 Å². The Balaban J connectivity index is 1.76. The SMILES string of the molecule is Cn1ccc(CCNCc2ccc(F)c(Br)c2)n1. The van der Waals surface area contributed by atoms with Crippen molar-refractivity contribution >= 4 is 15.9 Å². The second-order valence-corrected chi connectivity index (χ2v) is 5.01. The first-order chi connectivity index (χ1) is 8.65. The van der Waals surface area contributed by atoms with E-state index in [0.717, 1.165) is 30.8 Å². The van der Waals surface area contributed by atoms with E-state index < -0.39 is 0 Å². The highest BCUT2D eigenvalue weighted by Crippen LogP contribution is 2.16. The van der Waals surface area contributed by atoms with Crippen molar-refractivity contribution in [3.8, 4) is 0 Å². The van der Waals surface area contributed by atoms with Gasteiger partial charge in [-0.2, -0.15) is 5.10 Å². The smallest absolute Gasteiger partial charge is 0.137 e. The standard InChI is InChI=1S/C13H15BrFN3/c1-18-7-5-11(17-18)4-6-16-9-10-2-3-13(15)12(14)8-10/h2-3,5,7-8,16H,4,6,9H2,1H3. The molecule has 0 amide bonds. The van der Waals surface area contributed by atoms with Gasteiger partial charge in [-0.3, -0.25) is 4.68 Å². The van der Waals surface area contributed by atoms with Crippen LogP contribution in [0.2, 0.25) is 0 Å². The van der Waals surface area contributed by atoms with Crippen LogP contribution < -0.4 is 5.32 Å². The van der Waals surface area contributed by atoms with Crippen molar-refractivity contribution in [2.45, 2.75) is 13.0 Å². The summed E-state index contributed by atoms with van der Waals surface area (Å²) in [5, 5.41) is 7.61. The highest BCUT2D eigenvalue weighted by Gasteiger charge is 2.01. The van der Waals surface area contributed by atoms with Crippen LogP contribution in [-0.2, 0) is 20.0 Å². The fourth-order valence-electron chi connectivity index (χ4n) is 1.70. The van der Waals surface area contributed by atoms with Gasteiger partial charge in [-0.05, 0) is 39.7 Å². The summed E-state index contributed by atoms with van der Waals surface area (Å²) in [6.07, 6.45) is 2.83. The van der Waals surface area contributed by atoms with Crippen molar-refractivity contribution < 1.29 is 4.39 Å². The summed E-state index contributed by atoms with van der Waals surface area (Å²) in [7, 11) is 1.91. The largest absolute Gasteiger partial charge is 0.312 e. The van der Waals surface area contributed by atoms with Crippen molar-refractivity contribution in [3.63, 3.8) is 0 Å². The Hall–Kier alpha value is -1.20. The maximum absolute atomic E-state index is 13.0. The van der Waals surface area contributed by atoms with Crippen LogP contribution in [0.1, 0.15) is 11.3 Å². The maximum atomic E-state index is 13.0. The zero-order chi connectivity index (χ0) is 13.0. The van der Waals surface area contributed by atoms with E-state index in [2.05, 4.69) is 26.3 Å². The number of hydrogen-bond donors (Lipinski definition) is 1.